The summed E-state index contributed by atoms with van der Waals surface area (Å²) in [6, 6.07) is 3.52. The van der Waals surface area contributed by atoms with Gasteiger partial charge in [-0.2, -0.15) is 0 Å². The molecular weight excluding hydrogens is 292 g/mol. The third-order valence-electron chi connectivity index (χ3n) is 7.36. The summed E-state index contributed by atoms with van der Waals surface area (Å²) < 4.78 is 12.3. The van der Waals surface area contributed by atoms with Crippen molar-refractivity contribution in [1.82, 2.24) is 0 Å². The van der Waals surface area contributed by atoms with Crippen LogP contribution in [0.2, 0.25) is 0 Å². The molecule has 0 aromatic heterocycles. The molecule has 1 spiro atoms. The molecule has 7 atom stereocenters. The van der Waals surface area contributed by atoms with Gasteiger partial charge in [-0.1, -0.05) is 6.92 Å². The van der Waals surface area contributed by atoms with Crippen molar-refractivity contribution >= 4 is 5.97 Å². The third kappa shape index (κ3) is 1.11. The van der Waals surface area contributed by atoms with E-state index in [1.807, 2.05) is 6.92 Å². The van der Waals surface area contributed by atoms with E-state index in [0.717, 1.165) is 24.0 Å². The van der Waals surface area contributed by atoms with Gasteiger partial charge in [0.25, 0.3) is 0 Å². The Morgan fingerprint density at radius 3 is 2.83 bits per heavy atom. The molecule has 1 aromatic rings. The van der Waals surface area contributed by atoms with Gasteiger partial charge >= 0.3 is 5.97 Å². The maximum Gasteiger partial charge on any atom is 0.313 e. The smallest absolute Gasteiger partial charge is 0.313 e. The molecule has 0 amide bonds. The maximum atomic E-state index is 12.9. The van der Waals surface area contributed by atoms with E-state index in [-0.39, 0.29) is 47.5 Å². The molecule has 23 heavy (non-hydrogen) atoms. The first-order valence-electron chi connectivity index (χ1n) is 8.58. The highest BCUT2D eigenvalue weighted by molar-refractivity contribution is 5.83. The molecule has 0 radical (unpaired) electrons. The van der Waals surface area contributed by atoms with Gasteiger partial charge in [0.05, 0.1) is 17.6 Å². The first-order valence-corrected chi connectivity index (χ1v) is 8.58. The van der Waals surface area contributed by atoms with Crippen LogP contribution in [0, 0.1) is 24.2 Å². The zero-order valence-electron chi connectivity index (χ0n) is 13.2. The van der Waals surface area contributed by atoms with Crippen LogP contribution in [0.1, 0.15) is 47.6 Å². The number of rotatable bonds is 0. The Morgan fingerprint density at radius 2 is 2.00 bits per heavy atom. The lowest BCUT2D eigenvalue weighted by atomic mass is 9.50. The van der Waals surface area contributed by atoms with E-state index in [2.05, 4.69) is 6.92 Å². The van der Waals surface area contributed by atoms with Crippen molar-refractivity contribution in [3.63, 3.8) is 0 Å². The molecular formula is C19H18O4. The van der Waals surface area contributed by atoms with Gasteiger partial charge in [0.15, 0.2) is 5.43 Å². The standard InChI is InChI=1S/C19H18O4/c1-7-5-10(20)6-9-3-4-19-8(2)15-17(23-18(19)21)13-14(19)12(9)11(7)16(13)22-15/h5-6,8,13-17H,3-4H2,1-2H3. The Kier molecular flexibility index (Phi) is 1.95. The minimum absolute atomic E-state index is 0.00826. The molecule has 3 saturated heterocycles. The molecule has 3 aliphatic carbocycles. The van der Waals surface area contributed by atoms with Crippen LogP contribution in [-0.2, 0) is 20.7 Å². The largest absolute Gasteiger partial charge is 0.459 e. The van der Waals surface area contributed by atoms with Crippen LogP contribution in [0.3, 0.4) is 0 Å². The van der Waals surface area contributed by atoms with Crippen LogP contribution in [0.15, 0.2) is 16.9 Å². The molecule has 7 unspecified atom stereocenters. The first-order chi connectivity index (χ1) is 11.0. The topological polar surface area (TPSA) is 52.6 Å². The summed E-state index contributed by atoms with van der Waals surface area (Å²) in [6.07, 6.45) is 1.47. The molecule has 4 bridgehead atoms. The van der Waals surface area contributed by atoms with E-state index in [1.54, 1.807) is 12.1 Å². The number of hydrogen-bond donors (Lipinski definition) is 0. The average molecular weight is 310 g/mol. The van der Waals surface area contributed by atoms with Crippen molar-refractivity contribution in [2.45, 2.75) is 50.9 Å². The SMILES string of the molecule is Cc1cc(=O)cc2c3c1C1OC4C5OC(=O)C(CC2)(C4C)C3C15. The van der Waals surface area contributed by atoms with Gasteiger partial charge in [0.1, 0.15) is 6.10 Å². The monoisotopic (exact) mass is 310 g/mol. The summed E-state index contributed by atoms with van der Waals surface area (Å²) >= 11 is 0. The van der Waals surface area contributed by atoms with E-state index in [1.165, 1.54) is 11.1 Å². The van der Waals surface area contributed by atoms with Gasteiger partial charge in [0, 0.05) is 17.8 Å². The van der Waals surface area contributed by atoms with Crippen molar-refractivity contribution in [2.75, 3.05) is 0 Å². The molecule has 0 N–H and O–H groups in total. The lowest BCUT2D eigenvalue weighted by molar-refractivity contribution is -0.215. The van der Waals surface area contributed by atoms with Crippen LogP contribution < -0.4 is 5.43 Å². The second-order valence-corrected chi connectivity index (χ2v) is 8.00. The second-order valence-electron chi connectivity index (χ2n) is 8.00. The number of ether oxygens (including phenoxy) is 2. The molecule has 4 fully saturated rings. The van der Waals surface area contributed by atoms with Crippen molar-refractivity contribution in [3.05, 3.63) is 44.6 Å². The van der Waals surface area contributed by atoms with Gasteiger partial charge in [-0.3, -0.25) is 9.59 Å². The Balaban J connectivity index is 1.78. The zero-order valence-corrected chi connectivity index (χ0v) is 13.2. The summed E-state index contributed by atoms with van der Waals surface area (Å²) in [6.45, 7) is 4.17. The molecule has 6 aliphatic rings. The zero-order chi connectivity index (χ0) is 15.7. The fraction of sp³-hybridized carbons (Fsp3) is 0.579. The van der Waals surface area contributed by atoms with Crippen LogP contribution in [0.5, 0.6) is 0 Å². The fourth-order valence-electron chi connectivity index (χ4n) is 6.56. The van der Waals surface area contributed by atoms with Gasteiger partial charge in [-0.25, -0.2) is 0 Å². The van der Waals surface area contributed by atoms with Crippen LogP contribution in [0.4, 0.5) is 0 Å². The summed E-state index contributed by atoms with van der Waals surface area (Å²) in [5.74, 6) is 0.594. The van der Waals surface area contributed by atoms with Crippen molar-refractivity contribution in [1.29, 1.82) is 0 Å². The van der Waals surface area contributed by atoms with E-state index >= 15 is 0 Å². The highest BCUT2D eigenvalue weighted by Crippen LogP contribution is 2.73. The van der Waals surface area contributed by atoms with Gasteiger partial charge < -0.3 is 9.47 Å². The fourth-order valence-corrected chi connectivity index (χ4v) is 6.56. The number of aryl methyl sites for hydroxylation is 2. The molecule has 3 heterocycles. The Labute approximate surface area is 133 Å². The summed E-state index contributed by atoms with van der Waals surface area (Å²) in [5.41, 5.74) is 4.19. The van der Waals surface area contributed by atoms with Gasteiger partial charge in [0.2, 0.25) is 0 Å². The average Bonchev–Trinajstić information content (AvgIpc) is 2.95. The molecule has 4 heteroatoms. The predicted octanol–water partition coefficient (Wildman–Crippen LogP) is 2.02. The minimum Gasteiger partial charge on any atom is -0.459 e. The lowest BCUT2D eigenvalue weighted by Crippen LogP contribution is -2.64. The van der Waals surface area contributed by atoms with Crippen molar-refractivity contribution < 1.29 is 14.3 Å². The number of carbonyl (C=O) groups excluding carboxylic acids is 1. The Bertz CT molecular complexity index is 859. The van der Waals surface area contributed by atoms with E-state index < -0.39 is 5.41 Å². The first kappa shape index (κ1) is 12.7. The Hall–Kier alpha value is -1.68. The molecule has 7 rings (SSSR count). The van der Waals surface area contributed by atoms with Crippen LogP contribution >= 0.6 is 0 Å². The number of hydrogen-bond acceptors (Lipinski definition) is 4. The molecule has 1 aromatic carbocycles. The molecule has 3 aliphatic heterocycles. The van der Waals surface area contributed by atoms with Gasteiger partial charge in [-0.15, -0.1) is 0 Å². The number of fused-ring (bicyclic) bond motifs is 2. The van der Waals surface area contributed by atoms with E-state index in [9.17, 15) is 9.59 Å². The number of carbonyl (C=O) groups is 1. The Morgan fingerprint density at radius 1 is 1.17 bits per heavy atom. The summed E-state index contributed by atoms with van der Waals surface area (Å²) in [7, 11) is 0. The van der Waals surface area contributed by atoms with Crippen LogP contribution in [-0.4, -0.2) is 18.2 Å². The van der Waals surface area contributed by atoms with E-state index in [0.29, 0.717) is 0 Å². The van der Waals surface area contributed by atoms with Crippen molar-refractivity contribution in [3.8, 4) is 0 Å². The highest BCUT2D eigenvalue weighted by atomic mass is 16.6. The minimum atomic E-state index is -0.444. The predicted molar refractivity (Wildman–Crippen MR) is 81.1 cm³/mol. The maximum absolute atomic E-state index is 12.9. The van der Waals surface area contributed by atoms with Crippen molar-refractivity contribution in [2.24, 2.45) is 17.3 Å². The quantitative estimate of drug-likeness (QED) is 0.688. The van der Waals surface area contributed by atoms with E-state index in [4.69, 9.17) is 9.47 Å². The highest BCUT2D eigenvalue weighted by Gasteiger charge is 2.76. The number of esters is 1. The second kappa shape index (κ2) is 3.54. The normalized spacial score (nSPS) is 47.0. The molecule has 118 valence electrons. The third-order valence-corrected chi connectivity index (χ3v) is 7.36. The summed E-state index contributed by atoms with van der Waals surface area (Å²) in [5, 5.41) is 0. The molecule has 1 saturated carbocycles. The lowest BCUT2D eigenvalue weighted by Gasteiger charge is -2.57. The summed E-state index contributed by atoms with van der Waals surface area (Å²) in [4.78, 5) is 25.0. The van der Waals surface area contributed by atoms with Gasteiger partial charge in [-0.05, 0) is 54.2 Å². The molecule has 4 nitrogen and oxygen atoms in total. The van der Waals surface area contributed by atoms with Crippen LogP contribution in [0.25, 0.3) is 0 Å².